The van der Waals surface area contributed by atoms with Gasteiger partial charge in [-0.15, -0.1) is 0 Å². The van der Waals surface area contributed by atoms with Gasteiger partial charge in [0.2, 0.25) is 11.8 Å². The fourth-order valence-electron chi connectivity index (χ4n) is 2.83. The van der Waals surface area contributed by atoms with Crippen molar-refractivity contribution in [2.75, 3.05) is 5.32 Å². The number of nitrogens with one attached hydrogen (secondary N) is 2. The molecule has 6 nitrogen and oxygen atoms in total. The van der Waals surface area contributed by atoms with E-state index in [1.54, 1.807) is 16.7 Å². The Kier molecular flexibility index (Phi) is 5.80. The number of anilines is 1. The average molecular weight is 368 g/mol. The fraction of sp³-hybridized carbons (Fsp3) is 0.250. The molecule has 0 saturated carbocycles. The zero-order valence-electron chi connectivity index (χ0n) is 15.0. The average Bonchev–Trinajstić information content (AvgIpc) is 3.00. The Balaban J connectivity index is 1.81. The molecule has 2 aromatic carbocycles. The lowest BCUT2D eigenvalue weighted by molar-refractivity contribution is -0.121. The number of rotatable bonds is 7. The maximum absolute atomic E-state index is 13.8. The number of benzene rings is 2. The molecule has 140 valence electrons. The van der Waals surface area contributed by atoms with Gasteiger partial charge < -0.3 is 15.2 Å². The summed E-state index contributed by atoms with van der Waals surface area (Å²) in [6.07, 6.45) is 1.20. The van der Waals surface area contributed by atoms with Crippen LogP contribution in [0.4, 0.5) is 10.1 Å². The van der Waals surface area contributed by atoms with E-state index in [1.807, 2.05) is 31.2 Å². The summed E-state index contributed by atoms with van der Waals surface area (Å²) in [6, 6.07) is 13.4. The summed E-state index contributed by atoms with van der Waals surface area (Å²) < 4.78 is 15.5. The first-order valence-corrected chi connectivity index (χ1v) is 8.83. The highest BCUT2D eigenvalue weighted by Crippen LogP contribution is 2.17. The second kappa shape index (κ2) is 8.44. The molecular weight excluding hydrogens is 347 g/mol. The number of carbonyl (C=O) groups is 2. The van der Waals surface area contributed by atoms with Crippen molar-refractivity contribution in [3.05, 3.63) is 60.2 Å². The lowest BCUT2D eigenvalue weighted by Crippen LogP contribution is -2.26. The minimum absolute atomic E-state index is 0.0339. The van der Waals surface area contributed by atoms with Crippen molar-refractivity contribution in [1.82, 2.24) is 14.9 Å². The van der Waals surface area contributed by atoms with Crippen molar-refractivity contribution in [2.45, 2.75) is 32.9 Å². The van der Waals surface area contributed by atoms with E-state index in [2.05, 4.69) is 15.6 Å². The maximum atomic E-state index is 13.8. The molecule has 0 aliphatic carbocycles. The number of hydrogen-bond donors (Lipinski definition) is 2. The van der Waals surface area contributed by atoms with Gasteiger partial charge >= 0.3 is 0 Å². The number of imidazole rings is 1. The highest BCUT2D eigenvalue weighted by molar-refractivity contribution is 5.91. The topological polar surface area (TPSA) is 76.0 Å². The molecule has 0 fully saturated rings. The molecule has 1 heterocycles. The maximum Gasteiger partial charge on any atom is 0.244 e. The van der Waals surface area contributed by atoms with Gasteiger partial charge in [-0.25, -0.2) is 9.37 Å². The molecule has 3 aromatic rings. The van der Waals surface area contributed by atoms with Crippen LogP contribution in [0.5, 0.6) is 0 Å². The van der Waals surface area contributed by atoms with E-state index in [0.29, 0.717) is 12.2 Å². The fourth-order valence-corrected chi connectivity index (χ4v) is 2.83. The largest absolute Gasteiger partial charge is 0.349 e. The molecule has 2 N–H and O–H groups in total. The van der Waals surface area contributed by atoms with Crippen molar-refractivity contribution in [3.8, 4) is 0 Å². The van der Waals surface area contributed by atoms with Crippen LogP contribution in [0.25, 0.3) is 11.0 Å². The van der Waals surface area contributed by atoms with Gasteiger partial charge in [0, 0.05) is 6.42 Å². The molecule has 1 aromatic heterocycles. The van der Waals surface area contributed by atoms with Gasteiger partial charge in [0.25, 0.3) is 0 Å². The van der Waals surface area contributed by atoms with E-state index in [4.69, 9.17) is 0 Å². The van der Waals surface area contributed by atoms with Crippen LogP contribution < -0.4 is 10.6 Å². The van der Waals surface area contributed by atoms with E-state index >= 15 is 0 Å². The lowest BCUT2D eigenvalue weighted by Gasteiger charge is -2.11. The van der Waals surface area contributed by atoms with Gasteiger partial charge in [0.1, 0.15) is 18.2 Å². The van der Waals surface area contributed by atoms with Crippen LogP contribution in [0.3, 0.4) is 0 Å². The number of halogens is 1. The van der Waals surface area contributed by atoms with Crippen LogP contribution >= 0.6 is 0 Å². The lowest BCUT2D eigenvalue weighted by atomic mass is 10.3. The van der Waals surface area contributed by atoms with Crippen molar-refractivity contribution in [1.29, 1.82) is 0 Å². The molecule has 7 heteroatoms. The predicted molar refractivity (Wildman–Crippen MR) is 102 cm³/mol. The Hall–Kier alpha value is -3.22. The highest BCUT2D eigenvalue weighted by atomic mass is 19.1. The molecule has 0 spiro atoms. The van der Waals surface area contributed by atoms with Crippen LogP contribution in [-0.2, 0) is 22.7 Å². The standard InChI is InChI=1S/C20H21FN4O2/c1-2-7-19(26)22-12-18-23-16-10-5-6-11-17(16)25(18)13-20(27)24-15-9-4-3-8-14(15)21/h3-6,8-11H,2,7,12-13H2,1H3,(H,22,26)(H,24,27). The summed E-state index contributed by atoms with van der Waals surface area (Å²) in [7, 11) is 0. The third-order valence-corrected chi connectivity index (χ3v) is 4.10. The van der Waals surface area contributed by atoms with Gasteiger partial charge in [-0.2, -0.15) is 0 Å². The van der Waals surface area contributed by atoms with E-state index in [1.165, 1.54) is 12.1 Å². The van der Waals surface area contributed by atoms with E-state index < -0.39 is 5.82 Å². The van der Waals surface area contributed by atoms with Gasteiger partial charge in [0.15, 0.2) is 0 Å². The number of carbonyl (C=O) groups excluding carboxylic acids is 2. The van der Waals surface area contributed by atoms with E-state index in [-0.39, 0.29) is 30.6 Å². The van der Waals surface area contributed by atoms with E-state index in [0.717, 1.165) is 17.5 Å². The minimum atomic E-state index is -0.492. The van der Waals surface area contributed by atoms with Crippen molar-refractivity contribution in [3.63, 3.8) is 0 Å². The third-order valence-electron chi connectivity index (χ3n) is 4.10. The van der Waals surface area contributed by atoms with Gasteiger partial charge in [0.05, 0.1) is 23.3 Å². The molecule has 2 amide bonds. The molecular formula is C20H21FN4O2. The molecule has 0 aliphatic rings. The summed E-state index contributed by atoms with van der Waals surface area (Å²) in [6.45, 7) is 2.12. The van der Waals surface area contributed by atoms with Crippen molar-refractivity contribution < 1.29 is 14.0 Å². The van der Waals surface area contributed by atoms with Crippen molar-refractivity contribution in [2.24, 2.45) is 0 Å². The normalized spacial score (nSPS) is 10.7. The number of aromatic nitrogens is 2. The van der Waals surface area contributed by atoms with Gasteiger partial charge in [-0.05, 0) is 30.7 Å². The molecule has 3 rings (SSSR count). The number of amides is 2. The predicted octanol–water partition coefficient (Wildman–Crippen LogP) is 3.23. The van der Waals surface area contributed by atoms with Crippen LogP contribution in [0, 0.1) is 5.82 Å². The number of nitrogens with zero attached hydrogens (tertiary/aromatic N) is 2. The molecule has 0 radical (unpaired) electrons. The minimum Gasteiger partial charge on any atom is -0.349 e. The van der Waals surface area contributed by atoms with Crippen LogP contribution in [0.1, 0.15) is 25.6 Å². The number of fused-ring (bicyclic) bond motifs is 1. The van der Waals surface area contributed by atoms with Crippen LogP contribution in [-0.4, -0.2) is 21.4 Å². The first-order chi connectivity index (χ1) is 13.1. The molecule has 0 bridgehead atoms. The summed E-state index contributed by atoms with van der Waals surface area (Å²) in [4.78, 5) is 28.7. The molecule has 27 heavy (non-hydrogen) atoms. The SMILES string of the molecule is CCCC(=O)NCc1nc2ccccc2n1CC(=O)Nc1ccccc1F. The summed E-state index contributed by atoms with van der Waals surface area (Å²) in [5, 5.41) is 5.39. The second-order valence-electron chi connectivity index (χ2n) is 6.16. The number of para-hydroxylation sites is 3. The highest BCUT2D eigenvalue weighted by Gasteiger charge is 2.15. The van der Waals surface area contributed by atoms with Gasteiger partial charge in [-0.1, -0.05) is 31.2 Å². The summed E-state index contributed by atoms with van der Waals surface area (Å²) >= 11 is 0. The molecule has 0 unspecified atom stereocenters. The Bertz CT molecular complexity index is 968. The molecule has 0 saturated heterocycles. The second-order valence-corrected chi connectivity index (χ2v) is 6.16. The Labute approximate surface area is 156 Å². The Morgan fingerprint density at radius 2 is 1.81 bits per heavy atom. The summed E-state index contributed by atoms with van der Waals surface area (Å²) in [5.74, 6) is -0.353. The smallest absolute Gasteiger partial charge is 0.244 e. The van der Waals surface area contributed by atoms with E-state index in [9.17, 15) is 14.0 Å². The zero-order valence-corrected chi connectivity index (χ0v) is 15.0. The first-order valence-electron chi connectivity index (χ1n) is 8.83. The monoisotopic (exact) mass is 368 g/mol. The molecule has 0 atom stereocenters. The molecule has 0 aliphatic heterocycles. The Morgan fingerprint density at radius 1 is 1.07 bits per heavy atom. The quantitative estimate of drug-likeness (QED) is 0.672. The van der Waals surface area contributed by atoms with Crippen LogP contribution in [0.2, 0.25) is 0 Å². The zero-order chi connectivity index (χ0) is 19.2. The number of hydrogen-bond acceptors (Lipinski definition) is 3. The van der Waals surface area contributed by atoms with Crippen molar-refractivity contribution >= 4 is 28.5 Å². The van der Waals surface area contributed by atoms with Crippen LogP contribution in [0.15, 0.2) is 48.5 Å². The Morgan fingerprint density at radius 3 is 2.59 bits per heavy atom. The third kappa shape index (κ3) is 4.49. The summed E-state index contributed by atoms with van der Waals surface area (Å²) in [5.41, 5.74) is 1.64. The first kappa shape index (κ1) is 18.6. The van der Waals surface area contributed by atoms with Gasteiger partial charge in [-0.3, -0.25) is 9.59 Å².